The van der Waals surface area contributed by atoms with Gasteiger partial charge < -0.3 is 9.47 Å². The van der Waals surface area contributed by atoms with Crippen molar-refractivity contribution in [1.82, 2.24) is 0 Å². The molecule has 0 N–H and O–H groups in total. The van der Waals surface area contributed by atoms with E-state index in [-0.39, 0.29) is 0 Å². The van der Waals surface area contributed by atoms with Crippen molar-refractivity contribution in [3.05, 3.63) is 108 Å². The molecule has 0 amide bonds. The Labute approximate surface area is 149 Å². The van der Waals surface area contributed by atoms with Gasteiger partial charge in [0.25, 0.3) is 0 Å². The standard InChI is InChI=1S/C23H22O2/c1-2-22(18-24-22)25-23(19-12-6-3-7-13-19,20-14-8-4-9-15-20)21-16-10-5-11-17-21/h3-17H,2,18H2,1H3. The molecule has 0 saturated carbocycles. The van der Waals surface area contributed by atoms with E-state index >= 15 is 0 Å². The van der Waals surface area contributed by atoms with Crippen LogP contribution in [-0.4, -0.2) is 12.4 Å². The van der Waals surface area contributed by atoms with Gasteiger partial charge in [0.05, 0.1) is 0 Å². The molecule has 1 atom stereocenters. The molecule has 1 saturated heterocycles. The van der Waals surface area contributed by atoms with Crippen LogP contribution in [0.2, 0.25) is 0 Å². The highest BCUT2D eigenvalue weighted by molar-refractivity contribution is 5.47. The third-order valence-corrected chi connectivity index (χ3v) is 4.89. The lowest BCUT2D eigenvalue weighted by Crippen LogP contribution is -2.38. The number of epoxide rings is 1. The summed E-state index contributed by atoms with van der Waals surface area (Å²) in [6.07, 6.45) is 0.821. The monoisotopic (exact) mass is 330 g/mol. The maximum atomic E-state index is 6.82. The second kappa shape index (κ2) is 6.47. The zero-order valence-electron chi connectivity index (χ0n) is 14.4. The molecule has 25 heavy (non-hydrogen) atoms. The highest BCUT2D eigenvalue weighted by atomic mass is 16.8. The Hall–Kier alpha value is -2.42. The maximum absolute atomic E-state index is 6.82. The molecule has 0 spiro atoms. The predicted molar refractivity (Wildman–Crippen MR) is 99.3 cm³/mol. The Morgan fingerprint density at radius 1 is 0.760 bits per heavy atom. The van der Waals surface area contributed by atoms with Gasteiger partial charge in [-0.15, -0.1) is 0 Å². The van der Waals surface area contributed by atoms with Gasteiger partial charge in [-0.3, -0.25) is 0 Å². The molecule has 0 aliphatic carbocycles. The van der Waals surface area contributed by atoms with Crippen molar-refractivity contribution in [2.75, 3.05) is 6.61 Å². The first-order valence-corrected chi connectivity index (χ1v) is 8.80. The Bertz CT molecular complexity index is 712. The van der Waals surface area contributed by atoms with E-state index in [9.17, 15) is 0 Å². The van der Waals surface area contributed by atoms with Gasteiger partial charge in [-0.25, -0.2) is 0 Å². The Morgan fingerprint density at radius 2 is 1.12 bits per heavy atom. The van der Waals surface area contributed by atoms with Crippen LogP contribution in [0.15, 0.2) is 91.0 Å². The van der Waals surface area contributed by atoms with Crippen molar-refractivity contribution in [3.8, 4) is 0 Å². The van der Waals surface area contributed by atoms with Gasteiger partial charge >= 0.3 is 0 Å². The van der Waals surface area contributed by atoms with Gasteiger partial charge in [0.15, 0.2) is 5.79 Å². The number of hydrogen-bond acceptors (Lipinski definition) is 2. The van der Waals surface area contributed by atoms with Crippen LogP contribution in [-0.2, 0) is 15.1 Å². The van der Waals surface area contributed by atoms with Crippen LogP contribution in [0.5, 0.6) is 0 Å². The molecule has 1 aliphatic rings. The van der Waals surface area contributed by atoms with Crippen molar-refractivity contribution in [3.63, 3.8) is 0 Å². The summed E-state index contributed by atoms with van der Waals surface area (Å²) in [6, 6.07) is 31.3. The molecule has 2 heteroatoms. The highest BCUT2D eigenvalue weighted by Gasteiger charge is 2.53. The molecule has 3 aromatic carbocycles. The third-order valence-electron chi connectivity index (χ3n) is 4.89. The van der Waals surface area contributed by atoms with Crippen LogP contribution in [0.3, 0.4) is 0 Å². The fourth-order valence-corrected chi connectivity index (χ4v) is 3.39. The average Bonchev–Trinajstić information content (AvgIpc) is 3.48. The summed E-state index contributed by atoms with van der Waals surface area (Å²) in [5.74, 6) is -0.512. The molecule has 0 bridgehead atoms. The third kappa shape index (κ3) is 2.88. The Morgan fingerprint density at radius 3 is 1.40 bits per heavy atom. The summed E-state index contributed by atoms with van der Waals surface area (Å²) in [4.78, 5) is 0. The van der Waals surface area contributed by atoms with E-state index in [0.29, 0.717) is 6.61 Å². The van der Waals surface area contributed by atoms with E-state index in [1.165, 1.54) is 0 Å². The highest BCUT2D eigenvalue weighted by Crippen LogP contribution is 2.47. The molecule has 126 valence electrons. The first-order chi connectivity index (χ1) is 12.3. The first-order valence-electron chi connectivity index (χ1n) is 8.80. The van der Waals surface area contributed by atoms with E-state index in [0.717, 1.165) is 23.1 Å². The van der Waals surface area contributed by atoms with Gasteiger partial charge in [-0.2, -0.15) is 0 Å². The van der Waals surface area contributed by atoms with Crippen molar-refractivity contribution in [1.29, 1.82) is 0 Å². The summed E-state index contributed by atoms with van der Waals surface area (Å²) in [6.45, 7) is 2.75. The normalized spacial score (nSPS) is 19.6. The van der Waals surface area contributed by atoms with Crippen LogP contribution in [0, 0.1) is 0 Å². The zero-order chi connectivity index (χ0) is 17.2. The number of hydrogen-bond donors (Lipinski definition) is 0. The molecular formula is C23H22O2. The van der Waals surface area contributed by atoms with Crippen LogP contribution in [0.1, 0.15) is 30.0 Å². The Balaban J connectivity index is 1.98. The zero-order valence-corrected chi connectivity index (χ0v) is 14.4. The fraction of sp³-hybridized carbons (Fsp3) is 0.217. The SMILES string of the molecule is CCC1(OC(c2ccccc2)(c2ccccc2)c2ccccc2)CO1. The van der Waals surface area contributed by atoms with Gasteiger partial charge in [0.2, 0.25) is 0 Å². The van der Waals surface area contributed by atoms with E-state index in [1.807, 2.05) is 18.2 Å². The topological polar surface area (TPSA) is 21.8 Å². The van der Waals surface area contributed by atoms with E-state index in [4.69, 9.17) is 9.47 Å². The predicted octanol–water partition coefficient (Wildman–Crippen LogP) is 5.13. The van der Waals surface area contributed by atoms with Crippen LogP contribution >= 0.6 is 0 Å². The maximum Gasteiger partial charge on any atom is 0.193 e. The number of rotatable bonds is 6. The lowest BCUT2D eigenvalue weighted by Gasteiger charge is -2.38. The smallest absolute Gasteiger partial charge is 0.193 e. The molecular weight excluding hydrogens is 308 g/mol. The molecule has 1 unspecified atom stereocenters. The van der Waals surface area contributed by atoms with E-state index in [1.54, 1.807) is 0 Å². The molecule has 4 rings (SSSR count). The van der Waals surface area contributed by atoms with Crippen molar-refractivity contribution in [2.24, 2.45) is 0 Å². The summed E-state index contributed by atoms with van der Waals surface area (Å²) in [7, 11) is 0. The molecule has 1 heterocycles. The van der Waals surface area contributed by atoms with Crippen LogP contribution < -0.4 is 0 Å². The van der Waals surface area contributed by atoms with Crippen LogP contribution in [0.4, 0.5) is 0 Å². The lowest BCUT2D eigenvalue weighted by molar-refractivity contribution is -0.120. The van der Waals surface area contributed by atoms with Crippen molar-refractivity contribution < 1.29 is 9.47 Å². The largest absolute Gasteiger partial charge is 0.342 e. The van der Waals surface area contributed by atoms with Gasteiger partial charge in [0.1, 0.15) is 12.2 Å². The number of benzene rings is 3. The van der Waals surface area contributed by atoms with Crippen molar-refractivity contribution in [2.45, 2.75) is 24.7 Å². The second-order valence-electron chi connectivity index (χ2n) is 6.43. The Kier molecular flexibility index (Phi) is 4.16. The summed E-state index contributed by atoms with van der Waals surface area (Å²) in [5, 5.41) is 0. The average molecular weight is 330 g/mol. The minimum absolute atomic E-state index is 0.512. The van der Waals surface area contributed by atoms with Gasteiger partial charge in [-0.1, -0.05) is 97.9 Å². The fourth-order valence-electron chi connectivity index (χ4n) is 3.39. The number of ether oxygens (including phenoxy) is 2. The van der Waals surface area contributed by atoms with Gasteiger partial charge in [0, 0.05) is 6.42 Å². The second-order valence-corrected chi connectivity index (χ2v) is 6.43. The summed E-state index contributed by atoms with van der Waals surface area (Å²) >= 11 is 0. The van der Waals surface area contributed by atoms with Crippen molar-refractivity contribution >= 4 is 0 Å². The molecule has 2 nitrogen and oxygen atoms in total. The lowest BCUT2D eigenvalue weighted by atomic mass is 9.80. The molecule has 0 radical (unpaired) electrons. The van der Waals surface area contributed by atoms with E-state index < -0.39 is 11.4 Å². The minimum Gasteiger partial charge on any atom is -0.342 e. The van der Waals surface area contributed by atoms with Gasteiger partial charge in [-0.05, 0) is 16.7 Å². The van der Waals surface area contributed by atoms with E-state index in [2.05, 4.69) is 79.7 Å². The quantitative estimate of drug-likeness (QED) is 0.461. The van der Waals surface area contributed by atoms with Crippen LogP contribution in [0.25, 0.3) is 0 Å². The molecule has 0 aromatic heterocycles. The summed E-state index contributed by atoms with van der Waals surface area (Å²) < 4.78 is 12.6. The first kappa shape index (κ1) is 16.1. The minimum atomic E-state index is -0.698. The summed E-state index contributed by atoms with van der Waals surface area (Å²) in [5.41, 5.74) is 2.62. The molecule has 1 fully saturated rings. The molecule has 3 aromatic rings. The molecule has 1 aliphatic heterocycles.